The highest BCUT2D eigenvalue weighted by atomic mass is 32.2. The maximum absolute atomic E-state index is 13.5. The van der Waals surface area contributed by atoms with Crippen LogP contribution in [0.1, 0.15) is 17.1 Å². The van der Waals surface area contributed by atoms with Gasteiger partial charge in [-0.3, -0.25) is 0 Å². The first-order chi connectivity index (χ1) is 12.0. The molecule has 8 heteroatoms. The van der Waals surface area contributed by atoms with Crippen LogP contribution in [0.4, 0.5) is 15.8 Å². The third kappa shape index (κ3) is 2.99. The Labute approximate surface area is 147 Å². The average Bonchev–Trinajstić information content (AvgIpc) is 3.12. The summed E-state index contributed by atoms with van der Waals surface area (Å²) in [5, 5.41) is 15.0. The fourth-order valence-corrected chi connectivity index (χ4v) is 3.89. The first kappa shape index (κ1) is 17.1. The van der Waals surface area contributed by atoms with Crippen molar-refractivity contribution in [1.29, 1.82) is 5.26 Å². The summed E-state index contributed by atoms with van der Waals surface area (Å²) in [5.41, 5.74) is 3.16. The molecular formula is C17H16FN5OS. The lowest BCUT2D eigenvalue weighted by Crippen LogP contribution is -2.08. The van der Waals surface area contributed by atoms with E-state index in [-0.39, 0.29) is 5.69 Å². The van der Waals surface area contributed by atoms with Crippen LogP contribution in [-0.4, -0.2) is 27.4 Å². The molecule has 0 aromatic carbocycles. The Bertz CT molecular complexity index is 926. The molecule has 0 radical (unpaired) electrons. The minimum absolute atomic E-state index is 0.0263. The molecule has 0 saturated heterocycles. The van der Waals surface area contributed by atoms with Crippen LogP contribution in [0.2, 0.25) is 0 Å². The summed E-state index contributed by atoms with van der Waals surface area (Å²) in [6, 6.07) is 4.45. The molecule has 2 aromatic heterocycles. The molecule has 1 unspecified atom stereocenters. The summed E-state index contributed by atoms with van der Waals surface area (Å²) in [6.45, 7) is 4.67. The van der Waals surface area contributed by atoms with Crippen molar-refractivity contribution in [2.24, 2.45) is 0 Å². The molecule has 1 atom stereocenters. The molecule has 0 saturated carbocycles. The topological polar surface area (TPSA) is 88.7 Å². The second-order valence-electron chi connectivity index (χ2n) is 5.43. The maximum atomic E-state index is 13.5. The molecule has 6 nitrogen and oxygen atoms in total. The van der Waals surface area contributed by atoms with Gasteiger partial charge in [-0.05, 0) is 23.3 Å². The fraction of sp³-hybridized carbons (Fsp3) is 0.176. The highest BCUT2D eigenvalue weighted by Gasteiger charge is 2.30. The molecule has 0 aliphatic carbocycles. The molecule has 0 bridgehead atoms. The number of pyridine rings is 1. The van der Waals surface area contributed by atoms with Crippen LogP contribution in [0.3, 0.4) is 0 Å². The Kier molecular flexibility index (Phi) is 4.53. The predicted octanol–water partition coefficient (Wildman–Crippen LogP) is 2.78. The van der Waals surface area contributed by atoms with E-state index in [1.54, 1.807) is 13.3 Å². The Morgan fingerprint density at radius 3 is 2.92 bits per heavy atom. The van der Waals surface area contributed by atoms with Crippen molar-refractivity contribution in [2.45, 2.75) is 11.4 Å². The standard InChI is InChI=1S/C17H16FN5OS/c1-10(21-11-7-12(9-19)22-14(18)8-11)16-15(20-2)17(25(3)24)13-5-4-6-23(13)16/h4-5,7-8,20H,1,6H2,2-3H3,(H,21,22). The third-order valence-electron chi connectivity index (χ3n) is 3.85. The molecule has 1 aliphatic heterocycles. The predicted molar refractivity (Wildman–Crippen MR) is 96.9 cm³/mol. The normalized spacial score (nSPS) is 13.2. The molecule has 2 aromatic rings. The lowest BCUT2D eigenvalue weighted by molar-refractivity contribution is 0.583. The van der Waals surface area contributed by atoms with Crippen LogP contribution in [0, 0.1) is 17.3 Å². The van der Waals surface area contributed by atoms with Gasteiger partial charge in [0.1, 0.15) is 23.7 Å². The number of allylic oxidation sites excluding steroid dienone is 1. The summed E-state index contributed by atoms with van der Waals surface area (Å²) in [7, 11) is 1.75. The average molecular weight is 357 g/mol. The van der Waals surface area contributed by atoms with Gasteiger partial charge in [0.05, 0.1) is 17.1 Å². The largest absolute Gasteiger partial charge is 0.612 e. The molecule has 1 aliphatic rings. The van der Waals surface area contributed by atoms with E-state index in [2.05, 4.69) is 22.2 Å². The smallest absolute Gasteiger partial charge is 0.216 e. The number of nitrogens with one attached hydrogen (secondary N) is 2. The molecule has 128 valence electrons. The van der Waals surface area contributed by atoms with Gasteiger partial charge in [-0.15, -0.1) is 0 Å². The summed E-state index contributed by atoms with van der Waals surface area (Å²) in [4.78, 5) is 4.19. The second kappa shape index (κ2) is 6.63. The SMILES string of the molecule is C=C(Nc1cc(F)nc(C#N)c1)c1c(NC)c([S+](C)[O-])c2n1CC=C2. The molecule has 2 N–H and O–H groups in total. The summed E-state index contributed by atoms with van der Waals surface area (Å²) >= 11 is -1.19. The second-order valence-corrected chi connectivity index (χ2v) is 6.75. The highest BCUT2D eigenvalue weighted by Crippen LogP contribution is 2.39. The number of halogens is 1. The van der Waals surface area contributed by atoms with Gasteiger partial charge < -0.3 is 19.8 Å². The van der Waals surface area contributed by atoms with E-state index in [1.165, 1.54) is 12.1 Å². The number of nitrogens with zero attached hydrogens (tertiary/aromatic N) is 3. The first-order valence-electron chi connectivity index (χ1n) is 7.44. The van der Waals surface area contributed by atoms with Crippen LogP contribution in [-0.2, 0) is 17.7 Å². The zero-order valence-electron chi connectivity index (χ0n) is 13.8. The lowest BCUT2D eigenvalue weighted by Gasteiger charge is -2.14. The van der Waals surface area contributed by atoms with Crippen molar-refractivity contribution in [3.63, 3.8) is 0 Å². The number of anilines is 2. The number of hydrogen-bond donors (Lipinski definition) is 2. The van der Waals surface area contributed by atoms with Gasteiger partial charge in [-0.1, -0.05) is 12.7 Å². The van der Waals surface area contributed by atoms with Crippen molar-refractivity contribution in [3.05, 3.63) is 47.8 Å². The molecule has 0 fully saturated rings. The van der Waals surface area contributed by atoms with Crippen LogP contribution in [0.5, 0.6) is 0 Å². The number of nitriles is 1. The van der Waals surface area contributed by atoms with Crippen LogP contribution < -0.4 is 10.6 Å². The number of rotatable bonds is 5. The molecule has 0 spiro atoms. The quantitative estimate of drug-likeness (QED) is 0.634. The van der Waals surface area contributed by atoms with Crippen molar-refractivity contribution in [2.75, 3.05) is 23.9 Å². The van der Waals surface area contributed by atoms with Gasteiger partial charge in [0.25, 0.3) is 0 Å². The van der Waals surface area contributed by atoms with E-state index in [0.717, 1.165) is 11.4 Å². The van der Waals surface area contributed by atoms with E-state index in [4.69, 9.17) is 5.26 Å². The van der Waals surface area contributed by atoms with Crippen LogP contribution >= 0.6 is 0 Å². The van der Waals surface area contributed by atoms with E-state index in [9.17, 15) is 8.94 Å². The Morgan fingerprint density at radius 1 is 1.52 bits per heavy atom. The number of hydrogen-bond acceptors (Lipinski definition) is 5. The van der Waals surface area contributed by atoms with Crippen molar-refractivity contribution in [1.82, 2.24) is 9.55 Å². The number of fused-ring (bicyclic) bond motifs is 1. The molecule has 25 heavy (non-hydrogen) atoms. The molecule has 3 heterocycles. The zero-order valence-corrected chi connectivity index (χ0v) is 14.6. The van der Waals surface area contributed by atoms with E-state index in [1.807, 2.05) is 22.8 Å². The number of aromatic nitrogens is 2. The van der Waals surface area contributed by atoms with Gasteiger partial charge >= 0.3 is 0 Å². The zero-order chi connectivity index (χ0) is 18.1. The summed E-state index contributed by atoms with van der Waals surface area (Å²) in [6.07, 6.45) is 5.52. The first-order valence-corrected chi connectivity index (χ1v) is 9.00. The maximum Gasteiger partial charge on any atom is 0.216 e. The van der Waals surface area contributed by atoms with Crippen molar-refractivity contribution in [3.8, 4) is 6.07 Å². The fourth-order valence-electron chi connectivity index (χ4n) is 2.94. The summed E-state index contributed by atoms with van der Waals surface area (Å²) in [5.74, 6) is -0.749. The van der Waals surface area contributed by atoms with Crippen molar-refractivity contribution >= 4 is 34.3 Å². The van der Waals surface area contributed by atoms with Gasteiger partial charge in [0.15, 0.2) is 0 Å². The molecule has 0 amide bonds. The Balaban J connectivity index is 2.03. The molecular weight excluding hydrogens is 341 g/mol. The third-order valence-corrected chi connectivity index (χ3v) is 4.84. The van der Waals surface area contributed by atoms with Gasteiger partial charge in [0.2, 0.25) is 10.8 Å². The van der Waals surface area contributed by atoms with Crippen LogP contribution in [0.15, 0.2) is 29.7 Å². The van der Waals surface area contributed by atoms with Crippen LogP contribution in [0.25, 0.3) is 11.8 Å². The summed E-state index contributed by atoms with van der Waals surface area (Å²) < 4.78 is 27.7. The Morgan fingerprint density at radius 2 is 2.28 bits per heavy atom. The van der Waals surface area contributed by atoms with E-state index in [0.29, 0.717) is 28.5 Å². The highest BCUT2D eigenvalue weighted by molar-refractivity contribution is 7.91. The monoisotopic (exact) mass is 357 g/mol. The minimum atomic E-state index is -1.19. The van der Waals surface area contributed by atoms with Gasteiger partial charge in [-0.25, -0.2) is 4.98 Å². The van der Waals surface area contributed by atoms with Gasteiger partial charge in [-0.2, -0.15) is 9.65 Å². The minimum Gasteiger partial charge on any atom is -0.612 e. The van der Waals surface area contributed by atoms with E-state index >= 15 is 0 Å². The lowest BCUT2D eigenvalue weighted by atomic mass is 10.2. The van der Waals surface area contributed by atoms with Gasteiger partial charge in [0, 0.05) is 25.3 Å². The van der Waals surface area contributed by atoms with E-state index < -0.39 is 17.1 Å². The van der Waals surface area contributed by atoms with Crippen molar-refractivity contribution < 1.29 is 8.94 Å². The Hall–Kier alpha value is -2.76. The molecule has 3 rings (SSSR count).